The Bertz CT molecular complexity index is 4840. The summed E-state index contributed by atoms with van der Waals surface area (Å²) in [5, 5.41) is 189. The van der Waals surface area contributed by atoms with Crippen LogP contribution in [0.15, 0.2) is 121 Å². The molecule has 2 fully saturated rings. The van der Waals surface area contributed by atoms with Crippen molar-refractivity contribution in [2.24, 2.45) is 0 Å². The molecular weight excluding hydrogens is 1480 g/mol. The summed E-state index contributed by atoms with van der Waals surface area (Å²) in [5.74, 6) is -15.6. The number of aliphatic hydroxyl groups is 9. The maximum absolute atomic E-state index is 16.0. The molecule has 15 rings (SSSR count). The lowest BCUT2D eigenvalue weighted by molar-refractivity contribution is -0.342. The quantitative estimate of drug-likeness (QED) is 0.0651. The second kappa shape index (κ2) is 31.3. The normalized spacial score (nSPS) is 28.6. The van der Waals surface area contributed by atoms with Crippen molar-refractivity contribution in [1.82, 2.24) is 42.5 Å². The van der Waals surface area contributed by atoms with Gasteiger partial charge in [0.15, 0.2) is 46.7 Å². The number of esters is 1. The minimum absolute atomic E-state index is 0.0869. The van der Waals surface area contributed by atoms with E-state index < -0.39 is 238 Å². The SMILES string of the molecule is COC(=O)[C@@H]1NC(=O)[C@H]2NC(=O)[C@H](NC(=O)[C@@H]3NC(=O)[C@H]4NC(=O)[C@H](NC(=O)[C@@H](NC(=S)N[C@@H]5O[C@H](CO)[C@@H](O[C@H]6O[C@H](CO)[C@@H](O)[C@H](O)[C@H]6O)[C@H](O)[C@H]5O)c5ccc(O)c(c5)Oc5cc4cc(O)c5C)[C@H](O)c4ccc(cc4)Oc4cc3cc(c4O)Oc3ccc(cc3)[C@H]2O)c2ccc(O)c(c2)-c2c(O)cc(O)cc21. The fraction of sp³-hybridized carbons (Fsp3) is 0.315. The number of aromatic hydroxyl groups is 6. The summed E-state index contributed by atoms with van der Waals surface area (Å²) in [7, 11) is 0.950. The molecule has 23 N–H and O–H groups in total. The average molecular weight is 1560 g/mol. The molecule has 38 heteroatoms. The van der Waals surface area contributed by atoms with Crippen LogP contribution in [0.1, 0.15) is 86.9 Å². The summed E-state index contributed by atoms with van der Waals surface area (Å²) < 4.78 is 40.8. The molecule has 8 aliphatic rings. The number of amides is 6. The van der Waals surface area contributed by atoms with Crippen LogP contribution in [-0.2, 0) is 52.5 Å². The van der Waals surface area contributed by atoms with Crippen LogP contribution in [-0.4, -0.2) is 217 Å². The van der Waals surface area contributed by atoms with Crippen molar-refractivity contribution in [3.63, 3.8) is 0 Å². The first kappa shape index (κ1) is 77.4. The van der Waals surface area contributed by atoms with E-state index in [-0.39, 0.29) is 61.8 Å². The zero-order chi connectivity index (χ0) is 79.5. The highest BCUT2D eigenvalue weighted by Gasteiger charge is 2.52. The molecule has 37 nitrogen and oxygen atoms in total. The summed E-state index contributed by atoms with van der Waals surface area (Å²) in [6.07, 6.45) is -22.7. The van der Waals surface area contributed by atoms with Crippen molar-refractivity contribution >= 4 is 58.7 Å². The van der Waals surface area contributed by atoms with E-state index in [9.17, 15) is 86.2 Å². The Morgan fingerprint density at radius 2 is 1.00 bits per heavy atom. The first-order chi connectivity index (χ1) is 52.9. The Morgan fingerprint density at radius 3 is 1.60 bits per heavy atom. The van der Waals surface area contributed by atoms with Gasteiger partial charge in [0.05, 0.1) is 20.3 Å². The molecule has 0 aliphatic carbocycles. The smallest absolute Gasteiger partial charge is 0.333 e. The number of thiocarbonyl (C=S) groups is 1. The fourth-order valence-corrected chi connectivity index (χ4v) is 13.8. The van der Waals surface area contributed by atoms with Gasteiger partial charge < -0.3 is 152 Å². The lowest BCUT2D eigenvalue weighted by atomic mass is 9.89. The van der Waals surface area contributed by atoms with Crippen LogP contribution in [0.2, 0.25) is 0 Å². The molecule has 17 bridgehead atoms. The second-order valence-electron chi connectivity index (χ2n) is 26.7. The van der Waals surface area contributed by atoms with Crippen LogP contribution in [0.4, 0.5) is 0 Å². The van der Waals surface area contributed by atoms with E-state index >= 15 is 24.0 Å². The average Bonchev–Trinajstić information content (AvgIpc) is 0.768. The van der Waals surface area contributed by atoms with E-state index in [0.29, 0.717) is 0 Å². The molecule has 0 spiro atoms. The number of aliphatic hydroxyl groups excluding tert-OH is 9. The summed E-state index contributed by atoms with van der Waals surface area (Å²) in [6, 6.07) is 7.74. The van der Waals surface area contributed by atoms with Crippen molar-refractivity contribution in [2.45, 2.75) is 123 Å². The minimum Gasteiger partial charge on any atom is -0.508 e. The summed E-state index contributed by atoms with van der Waals surface area (Å²) >= 11 is 5.67. The van der Waals surface area contributed by atoms with Gasteiger partial charge in [-0.1, -0.05) is 36.4 Å². The highest BCUT2D eigenvalue weighted by Crippen LogP contribution is 2.48. The van der Waals surface area contributed by atoms with Crippen molar-refractivity contribution in [3.05, 3.63) is 166 Å². The van der Waals surface area contributed by atoms with E-state index in [4.69, 9.17) is 45.4 Å². The fourth-order valence-electron chi connectivity index (χ4n) is 13.6. The van der Waals surface area contributed by atoms with Gasteiger partial charge in [0.25, 0.3) is 0 Å². The summed E-state index contributed by atoms with van der Waals surface area (Å²) in [4.78, 5) is 107. The first-order valence-corrected chi connectivity index (χ1v) is 34.4. The molecule has 6 amide bonds. The van der Waals surface area contributed by atoms with Crippen LogP contribution in [0.25, 0.3) is 11.1 Å². The number of benzene rings is 7. The molecule has 0 saturated carbocycles. The van der Waals surface area contributed by atoms with Crippen molar-refractivity contribution in [1.29, 1.82) is 0 Å². The molecule has 8 aliphatic heterocycles. The third-order valence-electron chi connectivity index (χ3n) is 19.6. The number of hydrogen-bond donors (Lipinski definition) is 23. The van der Waals surface area contributed by atoms with Crippen molar-refractivity contribution < 1.29 is 143 Å². The molecule has 0 unspecified atom stereocenters. The topological polar surface area (TPSA) is 584 Å². The molecule has 8 heterocycles. The number of rotatable bonds is 7. The number of ether oxygens (including phenoxy) is 7. The van der Waals surface area contributed by atoms with Gasteiger partial charge in [-0.2, -0.15) is 0 Å². The molecule has 111 heavy (non-hydrogen) atoms. The van der Waals surface area contributed by atoms with Crippen LogP contribution in [0, 0.1) is 6.92 Å². The van der Waals surface area contributed by atoms with E-state index in [0.717, 1.165) is 73.8 Å². The van der Waals surface area contributed by atoms with Crippen LogP contribution < -0.4 is 56.7 Å². The number of carbonyl (C=O) groups is 7. The van der Waals surface area contributed by atoms with E-state index in [1.165, 1.54) is 61.5 Å². The zero-order valence-corrected chi connectivity index (χ0v) is 58.6. The summed E-state index contributed by atoms with van der Waals surface area (Å²) in [5.41, 5.74) is -2.73. The number of phenols is 6. The number of hydrogen-bond acceptors (Lipinski definition) is 30. The minimum atomic E-state index is -2.26. The van der Waals surface area contributed by atoms with Gasteiger partial charge in [0, 0.05) is 28.3 Å². The maximum Gasteiger partial charge on any atom is 0.333 e. The standard InChI is InChI=1S/C73H72N8O29S/c1-25-39(87)16-30-18-41(25)107-42-17-29(8-14-38(42)86)49(80-73(111)81-70-61(95)60(94)63(46(24-83)108-70)110-72-62(96)59(93)58(92)45(23-82)109-72)65(98)79-53-55(89)26-3-9-33(10-4-26)105-43-19-31-20-44(57(43)91)106-34-11-5-27(6-12-34)56(90)54-69(102)77-52(71(103)104-2)36-21-32(84)22-40(88)47(36)35-15-28(7-13-37(35)85)48(64(97)78-54)74-67(100)51(31)75-66(99)50(30)76-68(53)101/h3-22,45-46,48-56,58-63,70,72,82-96H,23-24H2,1-2H3,(H,74,100)(H,75,99)(H,76,101)(H,77,102)(H,78,97)(H,79,98)(H2,80,81,111)/t45-,46-,48-,49+,50+,51-,52-,53-,54+,55-,56-,58-,59+,60-,61-,62-,63-,70-,72-/m1/s1. The molecular formula is C73H72N8O29S. The Hall–Kier alpha value is -11.8. The molecule has 19 atom stereocenters. The number of fused-ring (bicyclic) bond motifs is 14. The third-order valence-corrected chi connectivity index (χ3v) is 19.8. The molecule has 7 aromatic rings. The van der Waals surface area contributed by atoms with Crippen LogP contribution >= 0.6 is 12.2 Å². The first-order valence-electron chi connectivity index (χ1n) is 34.0. The highest BCUT2D eigenvalue weighted by atomic mass is 32.1. The highest BCUT2D eigenvalue weighted by molar-refractivity contribution is 7.80. The van der Waals surface area contributed by atoms with Crippen LogP contribution in [0.5, 0.6) is 69.0 Å². The summed E-state index contributed by atoms with van der Waals surface area (Å²) in [6.45, 7) is -0.492. The van der Waals surface area contributed by atoms with Gasteiger partial charge in [-0.3, -0.25) is 28.8 Å². The predicted molar refractivity (Wildman–Crippen MR) is 376 cm³/mol. The van der Waals surface area contributed by atoms with Gasteiger partial charge in [-0.05, 0) is 131 Å². The van der Waals surface area contributed by atoms with Gasteiger partial charge in [0.2, 0.25) is 41.2 Å². The molecule has 0 radical (unpaired) electrons. The zero-order valence-electron chi connectivity index (χ0n) is 57.8. The third kappa shape index (κ3) is 15.3. The number of methoxy groups -OCH3 is 1. The lowest BCUT2D eigenvalue weighted by Crippen LogP contribution is -2.67. The van der Waals surface area contributed by atoms with Gasteiger partial charge in [0.1, 0.15) is 138 Å². The molecule has 2 saturated heterocycles. The largest absolute Gasteiger partial charge is 0.508 e. The maximum atomic E-state index is 16.0. The Kier molecular flexibility index (Phi) is 21.8. The number of nitrogens with one attached hydrogen (secondary N) is 8. The van der Waals surface area contributed by atoms with Crippen LogP contribution in [0.3, 0.4) is 0 Å². The van der Waals surface area contributed by atoms with Gasteiger partial charge in [-0.15, -0.1) is 0 Å². The Labute approximate surface area is 631 Å². The predicted octanol–water partition coefficient (Wildman–Crippen LogP) is -1.30. The number of phenolic OH excluding ortho intramolecular Hbond substituents is 6. The number of carbonyl (C=O) groups excluding carboxylic acids is 7. The Balaban J connectivity index is 0.912. The van der Waals surface area contributed by atoms with Gasteiger partial charge >= 0.3 is 5.97 Å². The van der Waals surface area contributed by atoms with E-state index in [2.05, 4.69) is 42.5 Å². The second-order valence-corrected chi connectivity index (χ2v) is 27.1. The lowest BCUT2D eigenvalue weighted by Gasteiger charge is -2.46. The Morgan fingerprint density at radius 1 is 0.477 bits per heavy atom. The monoisotopic (exact) mass is 1560 g/mol. The van der Waals surface area contributed by atoms with E-state index in [1.807, 2.05) is 0 Å². The van der Waals surface area contributed by atoms with Crippen molar-refractivity contribution in [2.75, 3.05) is 20.3 Å². The molecule has 0 aromatic heterocycles. The van der Waals surface area contributed by atoms with E-state index in [1.54, 1.807) is 0 Å². The molecule has 7 aromatic carbocycles. The molecule has 584 valence electrons. The van der Waals surface area contributed by atoms with Gasteiger partial charge in [-0.25, -0.2) is 4.79 Å². The van der Waals surface area contributed by atoms with Crippen molar-refractivity contribution in [3.8, 4) is 80.1 Å².